The first-order valence-electron chi connectivity index (χ1n) is 6.14. The summed E-state index contributed by atoms with van der Waals surface area (Å²) in [4.78, 5) is 24.4. The van der Waals surface area contributed by atoms with E-state index in [9.17, 15) is 9.59 Å². The van der Waals surface area contributed by atoms with Crippen molar-refractivity contribution in [2.75, 3.05) is 20.3 Å². The average Bonchev–Trinajstić information content (AvgIpc) is 3.03. The van der Waals surface area contributed by atoms with Gasteiger partial charge in [-0.05, 0) is 0 Å². The zero-order valence-corrected chi connectivity index (χ0v) is 11.3. The van der Waals surface area contributed by atoms with Crippen LogP contribution in [-0.4, -0.2) is 63.1 Å². The molecule has 2 atom stereocenters. The summed E-state index contributed by atoms with van der Waals surface area (Å²) in [7, 11) is 3.33. The number of aliphatic carboxylic acids is 1. The number of ether oxygens (including phenoxy) is 1. The molecule has 1 aromatic rings. The monoisotopic (exact) mass is 283 g/mol. The topological polar surface area (TPSA) is 110 Å². The molecule has 0 spiro atoms. The van der Waals surface area contributed by atoms with Crippen molar-refractivity contribution < 1.29 is 19.4 Å². The molecule has 2 heterocycles. The molecule has 2 unspecified atom stereocenters. The lowest BCUT2D eigenvalue weighted by atomic mass is 10.0. The van der Waals surface area contributed by atoms with Crippen molar-refractivity contribution >= 4 is 12.0 Å². The number of aryl methyl sites for hydroxylation is 1. The maximum atomic E-state index is 12.0. The van der Waals surface area contributed by atoms with Crippen molar-refractivity contribution in [2.45, 2.75) is 12.6 Å². The lowest BCUT2D eigenvalue weighted by molar-refractivity contribution is -0.142. The molecule has 2 N–H and O–H groups in total. The van der Waals surface area contributed by atoms with Gasteiger partial charge in [0.25, 0.3) is 0 Å². The molecule has 2 rings (SSSR count). The number of urea groups is 1. The van der Waals surface area contributed by atoms with E-state index in [4.69, 9.17) is 9.84 Å². The smallest absolute Gasteiger partial charge is 0.317 e. The molecule has 1 aliphatic heterocycles. The summed E-state index contributed by atoms with van der Waals surface area (Å²) >= 11 is 0. The number of carboxylic acids is 1. The molecule has 1 aromatic heterocycles. The SMILES string of the molecule is CN(C(=O)NCc1nncn1C)C1COCC1C(=O)O. The molecule has 1 fully saturated rings. The maximum Gasteiger partial charge on any atom is 0.317 e. The molecule has 0 bridgehead atoms. The van der Waals surface area contributed by atoms with Gasteiger partial charge in [0.15, 0.2) is 5.82 Å². The fraction of sp³-hybridized carbons (Fsp3) is 0.636. The number of likely N-dealkylation sites (N-methyl/N-ethyl adjacent to an activating group) is 1. The molecular formula is C11H17N5O4. The highest BCUT2D eigenvalue weighted by atomic mass is 16.5. The molecule has 0 saturated carbocycles. The van der Waals surface area contributed by atoms with E-state index in [1.54, 1.807) is 18.7 Å². The van der Waals surface area contributed by atoms with Crippen LogP contribution in [0.4, 0.5) is 4.79 Å². The number of carbonyl (C=O) groups is 2. The van der Waals surface area contributed by atoms with Crippen LogP contribution in [0, 0.1) is 5.92 Å². The molecule has 1 saturated heterocycles. The molecule has 1 aliphatic rings. The Labute approximate surface area is 115 Å². The highest BCUT2D eigenvalue weighted by Gasteiger charge is 2.38. The van der Waals surface area contributed by atoms with Gasteiger partial charge in [-0.2, -0.15) is 0 Å². The number of carboxylic acid groups (broad SMARTS) is 1. The minimum absolute atomic E-state index is 0.126. The second kappa shape index (κ2) is 5.87. The molecule has 0 aliphatic carbocycles. The number of carbonyl (C=O) groups excluding carboxylic acids is 1. The second-order valence-electron chi connectivity index (χ2n) is 4.68. The Bertz CT molecular complexity index is 503. The van der Waals surface area contributed by atoms with Crippen molar-refractivity contribution in [3.63, 3.8) is 0 Å². The third kappa shape index (κ3) is 2.87. The minimum Gasteiger partial charge on any atom is -0.481 e. The largest absolute Gasteiger partial charge is 0.481 e. The average molecular weight is 283 g/mol. The molecule has 9 heteroatoms. The molecule has 9 nitrogen and oxygen atoms in total. The molecule has 110 valence electrons. The zero-order valence-electron chi connectivity index (χ0n) is 11.3. The van der Waals surface area contributed by atoms with Crippen molar-refractivity contribution in [3.8, 4) is 0 Å². The third-order valence-electron chi connectivity index (χ3n) is 3.39. The fourth-order valence-electron chi connectivity index (χ4n) is 2.06. The van der Waals surface area contributed by atoms with E-state index in [0.29, 0.717) is 5.82 Å². The quantitative estimate of drug-likeness (QED) is 0.737. The summed E-state index contributed by atoms with van der Waals surface area (Å²) in [5.74, 6) is -1.04. The van der Waals surface area contributed by atoms with Crippen LogP contribution >= 0.6 is 0 Å². The Morgan fingerprint density at radius 1 is 1.60 bits per heavy atom. The van der Waals surface area contributed by atoms with Gasteiger partial charge in [-0.1, -0.05) is 0 Å². The molecule has 0 radical (unpaired) electrons. The number of rotatable bonds is 4. The van der Waals surface area contributed by atoms with Gasteiger partial charge < -0.3 is 24.6 Å². The number of amides is 2. The molecular weight excluding hydrogens is 266 g/mol. The number of nitrogens with zero attached hydrogens (tertiary/aromatic N) is 4. The minimum atomic E-state index is -0.958. The predicted molar refractivity (Wildman–Crippen MR) is 66.7 cm³/mol. The second-order valence-corrected chi connectivity index (χ2v) is 4.68. The molecule has 0 aromatic carbocycles. The summed E-state index contributed by atoms with van der Waals surface area (Å²) in [6.07, 6.45) is 1.54. The van der Waals surface area contributed by atoms with Crippen LogP contribution in [0.25, 0.3) is 0 Å². The maximum absolute atomic E-state index is 12.0. The normalized spacial score (nSPS) is 21.7. The Hall–Kier alpha value is -2.16. The lowest BCUT2D eigenvalue weighted by Crippen LogP contribution is -2.48. The number of aromatic nitrogens is 3. The van der Waals surface area contributed by atoms with Crippen LogP contribution in [0.5, 0.6) is 0 Å². The Morgan fingerprint density at radius 3 is 2.95 bits per heavy atom. The number of hydrogen-bond donors (Lipinski definition) is 2. The van der Waals surface area contributed by atoms with Crippen molar-refractivity contribution in [1.29, 1.82) is 0 Å². The molecule has 2 amide bonds. The van der Waals surface area contributed by atoms with Crippen LogP contribution in [0.3, 0.4) is 0 Å². The summed E-state index contributed by atoms with van der Waals surface area (Å²) in [5.41, 5.74) is 0. The Kier molecular flexibility index (Phi) is 4.18. The zero-order chi connectivity index (χ0) is 14.7. The van der Waals surface area contributed by atoms with Gasteiger partial charge in [0, 0.05) is 14.1 Å². The summed E-state index contributed by atoms with van der Waals surface area (Å²) in [5, 5.41) is 19.3. The summed E-state index contributed by atoms with van der Waals surface area (Å²) < 4.78 is 6.84. The highest BCUT2D eigenvalue weighted by Crippen LogP contribution is 2.19. The molecule has 20 heavy (non-hydrogen) atoms. The number of hydrogen-bond acceptors (Lipinski definition) is 5. The van der Waals surface area contributed by atoms with Gasteiger partial charge in [-0.15, -0.1) is 10.2 Å². The van der Waals surface area contributed by atoms with Gasteiger partial charge in [-0.25, -0.2) is 4.79 Å². The van der Waals surface area contributed by atoms with Crippen LogP contribution in [0.1, 0.15) is 5.82 Å². The van der Waals surface area contributed by atoms with Gasteiger partial charge >= 0.3 is 12.0 Å². The van der Waals surface area contributed by atoms with Crippen LogP contribution in [0.2, 0.25) is 0 Å². The van der Waals surface area contributed by atoms with Crippen molar-refractivity contribution in [1.82, 2.24) is 25.0 Å². The van der Waals surface area contributed by atoms with E-state index in [1.807, 2.05) is 0 Å². The Morgan fingerprint density at radius 2 is 2.35 bits per heavy atom. The number of nitrogens with one attached hydrogen (secondary N) is 1. The van der Waals surface area contributed by atoms with Gasteiger partial charge in [-0.3, -0.25) is 4.79 Å². The third-order valence-corrected chi connectivity index (χ3v) is 3.39. The van der Waals surface area contributed by atoms with E-state index in [1.165, 1.54) is 11.2 Å². The van der Waals surface area contributed by atoms with Crippen molar-refractivity contribution in [3.05, 3.63) is 12.2 Å². The van der Waals surface area contributed by atoms with E-state index in [0.717, 1.165) is 0 Å². The van der Waals surface area contributed by atoms with E-state index < -0.39 is 17.9 Å². The summed E-state index contributed by atoms with van der Waals surface area (Å²) in [6, 6.07) is -0.832. The van der Waals surface area contributed by atoms with Gasteiger partial charge in [0.2, 0.25) is 0 Å². The fourth-order valence-corrected chi connectivity index (χ4v) is 2.06. The van der Waals surface area contributed by atoms with Gasteiger partial charge in [0.1, 0.15) is 12.2 Å². The van der Waals surface area contributed by atoms with Crippen molar-refractivity contribution in [2.24, 2.45) is 13.0 Å². The Balaban J connectivity index is 1.92. The highest BCUT2D eigenvalue weighted by molar-refractivity contribution is 5.77. The van der Waals surface area contributed by atoms with E-state index >= 15 is 0 Å². The van der Waals surface area contributed by atoms with Crippen LogP contribution in [0.15, 0.2) is 6.33 Å². The first-order chi connectivity index (χ1) is 9.50. The standard InChI is InChI=1S/C11H17N5O4/c1-15-6-13-14-9(15)3-12-11(19)16(2)8-5-20-4-7(8)10(17)18/h6-8H,3-5H2,1-2H3,(H,12,19)(H,17,18). The first-order valence-corrected chi connectivity index (χ1v) is 6.14. The predicted octanol–water partition coefficient (Wildman–Crippen LogP) is -0.944. The summed E-state index contributed by atoms with van der Waals surface area (Å²) in [6.45, 7) is 0.580. The van der Waals surface area contributed by atoms with Crippen LogP contribution in [-0.2, 0) is 23.1 Å². The first kappa shape index (κ1) is 14.3. The van der Waals surface area contributed by atoms with E-state index in [-0.39, 0.29) is 25.8 Å². The van der Waals surface area contributed by atoms with Gasteiger partial charge in [0.05, 0.1) is 25.8 Å². The lowest BCUT2D eigenvalue weighted by Gasteiger charge is -2.26. The van der Waals surface area contributed by atoms with E-state index in [2.05, 4.69) is 15.5 Å². The van der Waals surface area contributed by atoms with Crippen LogP contribution < -0.4 is 5.32 Å².